The lowest BCUT2D eigenvalue weighted by atomic mass is 10.2. The zero-order valence-corrected chi connectivity index (χ0v) is 8.30. The maximum atomic E-state index is 10.2. The Morgan fingerprint density at radius 2 is 2.54 bits per heavy atom. The van der Waals surface area contributed by atoms with Gasteiger partial charge in [-0.2, -0.15) is 0 Å². The number of carboxylic acids is 1. The van der Waals surface area contributed by atoms with Crippen LogP contribution in [0, 0.1) is 0 Å². The molecule has 2 N–H and O–H groups in total. The van der Waals surface area contributed by atoms with Crippen LogP contribution < -0.4 is 5.32 Å². The summed E-state index contributed by atoms with van der Waals surface area (Å²) in [6.45, 7) is 2.56. The fourth-order valence-electron chi connectivity index (χ4n) is 1.03. The van der Waals surface area contributed by atoms with Gasteiger partial charge < -0.3 is 10.4 Å². The average Bonchev–Trinajstić information content (AvgIpc) is 2.55. The molecule has 0 saturated carbocycles. The summed E-state index contributed by atoms with van der Waals surface area (Å²) >= 11 is 1.68. The van der Waals surface area contributed by atoms with Gasteiger partial charge in [-0.25, -0.2) is 0 Å². The van der Waals surface area contributed by atoms with Gasteiger partial charge in [-0.15, -0.1) is 11.3 Å². The van der Waals surface area contributed by atoms with E-state index in [1.54, 1.807) is 11.3 Å². The molecule has 0 aliphatic heterocycles. The molecule has 1 aromatic heterocycles. The van der Waals surface area contributed by atoms with Gasteiger partial charge >= 0.3 is 5.97 Å². The van der Waals surface area contributed by atoms with E-state index in [0.717, 1.165) is 0 Å². The molecule has 0 amide bonds. The van der Waals surface area contributed by atoms with Crippen molar-refractivity contribution in [2.75, 3.05) is 6.54 Å². The van der Waals surface area contributed by atoms with Crippen molar-refractivity contribution in [3.63, 3.8) is 0 Å². The summed E-state index contributed by atoms with van der Waals surface area (Å²) in [5, 5.41) is 13.6. The van der Waals surface area contributed by atoms with Crippen molar-refractivity contribution in [3.8, 4) is 0 Å². The van der Waals surface area contributed by atoms with Gasteiger partial charge in [0, 0.05) is 17.5 Å². The fourth-order valence-corrected chi connectivity index (χ4v) is 1.79. The lowest BCUT2D eigenvalue weighted by Crippen LogP contribution is -2.21. The van der Waals surface area contributed by atoms with Gasteiger partial charge in [0.05, 0.1) is 6.42 Å². The minimum Gasteiger partial charge on any atom is -0.481 e. The van der Waals surface area contributed by atoms with Crippen molar-refractivity contribution in [2.24, 2.45) is 0 Å². The second-order valence-electron chi connectivity index (χ2n) is 2.83. The number of hydrogen-bond acceptors (Lipinski definition) is 3. The normalized spacial score (nSPS) is 12.7. The van der Waals surface area contributed by atoms with E-state index >= 15 is 0 Å². The van der Waals surface area contributed by atoms with Crippen LogP contribution in [0.4, 0.5) is 0 Å². The van der Waals surface area contributed by atoms with Crippen molar-refractivity contribution < 1.29 is 9.90 Å². The topological polar surface area (TPSA) is 49.3 Å². The molecule has 72 valence electrons. The highest BCUT2D eigenvalue weighted by Gasteiger charge is 2.05. The van der Waals surface area contributed by atoms with E-state index in [1.807, 2.05) is 24.4 Å². The molecular weight excluding hydrogens is 186 g/mol. The molecule has 0 aliphatic rings. The Kier molecular flexibility index (Phi) is 3.92. The van der Waals surface area contributed by atoms with Crippen LogP contribution in [0.5, 0.6) is 0 Å². The first kappa shape index (κ1) is 10.2. The highest BCUT2D eigenvalue weighted by Crippen LogP contribution is 2.17. The number of hydrogen-bond donors (Lipinski definition) is 2. The number of rotatable bonds is 5. The van der Waals surface area contributed by atoms with Crippen molar-refractivity contribution in [3.05, 3.63) is 22.4 Å². The van der Waals surface area contributed by atoms with Gasteiger partial charge in [0.25, 0.3) is 0 Å². The summed E-state index contributed by atoms with van der Waals surface area (Å²) in [7, 11) is 0. The predicted molar refractivity (Wildman–Crippen MR) is 53.0 cm³/mol. The van der Waals surface area contributed by atoms with Crippen LogP contribution in [0.1, 0.15) is 24.3 Å². The Morgan fingerprint density at radius 1 is 1.77 bits per heavy atom. The smallest absolute Gasteiger partial charge is 0.304 e. The number of thiophene rings is 1. The van der Waals surface area contributed by atoms with E-state index in [9.17, 15) is 4.79 Å². The summed E-state index contributed by atoms with van der Waals surface area (Å²) in [6.07, 6.45) is 0.176. The van der Waals surface area contributed by atoms with Gasteiger partial charge in [-0.1, -0.05) is 6.07 Å². The first-order chi connectivity index (χ1) is 6.20. The number of nitrogens with one attached hydrogen (secondary N) is 1. The van der Waals surface area contributed by atoms with Crippen LogP contribution >= 0.6 is 11.3 Å². The Bertz CT molecular complexity index is 259. The molecule has 0 saturated heterocycles. The molecule has 0 aromatic carbocycles. The third-order valence-corrected chi connectivity index (χ3v) is 2.81. The third kappa shape index (κ3) is 3.57. The van der Waals surface area contributed by atoms with Crippen LogP contribution in [-0.4, -0.2) is 17.6 Å². The van der Waals surface area contributed by atoms with E-state index < -0.39 is 5.97 Å². The SMILES string of the molecule is C[C@@H](NCCC(=O)O)c1cccs1. The summed E-state index contributed by atoms with van der Waals surface area (Å²) < 4.78 is 0. The van der Waals surface area contributed by atoms with E-state index in [2.05, 4.69) is 5.32 Å². The molecule has 3 nitrogen and oxygen atoms in total. The van der Waals surface area contributed by atoms with Crippen LogP contribution in [0.15, 0.2) is 17.5 Å². The number of carboxylic acid groups (broad SMARTS) is 1. The largest absolute Gasteiger partial charge is 0.481 e. The highest BCUT2D eigenvalue weighted by molar-refractivity contribution is 7.10. The van der Waals surface area contributed by atoms with Gasteiger partial charge in [0.1, 0.15) is 0 Å². The maximum absolute atomic E-state index is 10.2. The van der Waals surface area contributed by atoms with E-state index in [0.29, 0.717) is 6.54 Å². The predicted octanol–water partition coefficient (Wildman–Crippen LogP) is 1.87. The van der Waals surface area contributed by atoms with Gasteiger partial charge in [0.15, 0.2) is 0 Å². The quantitative estimate of drug-likeness (QED) is 0.761. The Morgan fingerprint density at radius 3 is 3.08 bits per heavy atom. The fraction of sp³-hybridized carbons (Fsp3) is 0.444. The zero-order valence-electron chi connectivity index (χ0n) is 7.49. The Balaban J connectivity index is 2.26. The highest BCUT2D eigenvalue weighted by atomic mass is 32.1. The molecular formula is C9H13NO2S. The van der Waals surface area contributed by atoms with Crippen molar-refractivity contribution >= 4 is 17.3 Å². The number of aliphatic carboxylic acids is 1. The molecule has 1 aromatic rings. The molecule has 1 heterocycles. The van der Waals surface area contributed by atoms with E-state index in [1.165, 1.54) is 4.88 Å². The molecule has 4 heteroatoms. The van der Waals surface area contributed by atoms with Crippen LogP contribution in [0.25, 0.3) is 0 Å². The standard InChI is InChI=1S/C9H13NO2S/c1-7(8-3-2-6-13-8)10-5-4-9(11)12/h2-3,6-7,10H,4-5H2,1H3,(H,11,12)/t7-/m1/s1. The second kappa shape index (κ2) is 4.99. The molecule has 0 aliphatic carbocycles. The first-order valence-corrected chi connectivity index (χ1v) is 5.06. The monoisotopic (exact) mass is 199 g/mol. The van der Waals surface area contributed by atoms with Crippen LogP contribution in [0.2, 0.25) is 0 Å². The van der Waals surface area contributed by atoms with Gasteiger partial charge in [-0.05, 0) is 18.4 Å². The van der Waals surface area contributed by atoms with Gasteiger partial charge in [0.2, 0.25) is 0 Å². The first-order valence-electron chi connectivity index (χ1n) is 4.18. The van der Waals surface area contributed by atoms with Crippen molar-refractivity contribution in [1.82, 2.24) is 5.32 Å². The molecule has 0 fully saturated rings. The summed E-state index contributed by atoms with van der Waals surface area (Å²) in [5.74, 6) is -0.758. The summed E-state index contributed by atoms with van der Waals surface area (Å²) in [4.78, 5) is 11.5. The molecule has 1 atom stereocenters. The molecule has 1 rings (SSSR count). The third-order valence-electron chi connectivity index (χ3n) is 1.76. The molecule has 0 bridgehead atoms. The van der Waals surface area contributed by atoms with E-state index in [4.69, 9.17) is 5.11 Å². The molecule has 0 unspecified atom stereocenters. The zero-order chi connectivity index (χ0) is 9.68. The summed E-state index contributed by atoms with van der Waals surface area (Å²) in [5.41, 5.74) is 0. The van der Waals surface area contributed by atoms with Crippen molar-refractivity contribution in [2.45, 2.75) is 19.4 Å². The summed E-state index contributed by atoms with van der Waals surface area (Å²) in [6, 6.07) is 4.29. The second-order valence-corrected chi connectivity index (χ2v) is 3.81. The lowest BCUT2D eigenvalue weighted by Gasteiger charge is -2.10. The average molecular weight is 199 g/mol. The molecule has 13 heavy (non-hydrogen) atoms. The van der Waals surface area contributed by atoms with E-state index in [-0.39, 0.29) is 12.5 Å². The lowest BCUT2D eigenvalue weighted by molar-refractivity contribution is -0.136. The maximum Gasteiger partial charge on any atom is 0.304 e. The molecule has 0 spiro atoms. The minimum atomic E-state index is -0.758. The molecule has 0 radical (unpaired) electrons. The van der Waals surface area contributed by atoms with Crippen molar-refractivity contribution in [1.29, 1.82) is 0 Å². The Hall–Kier alpha value is -0.870. The minimum absolute atomic E-state index is 0.176. The Labute approximate surface area is 81.4 Å². The van der Waals surface area contributed by atoms with Crippen LogP contribution in [0.3, 0.4) is 0 Å². The number of carbonyl (C=O) groups is 1. The van der Waals surface area contributed by atoms with Crippen LogP contribution in [-0.2, 0) is 4.79 Å². The van der Waals surface area contributed by atoms with Gasteiger partial charge in [-0.3, -0.25) is 4.79 Å².